The summed E-state index contributed by atoms with van der Waals surface area (Å²) in [6, 6.07) is 13.6. The summed E-state index contributed by atoms with van der Waals surface area (Å²) < 4.78 is 27.9. The van der Waals surface area contributed by atoms with Crippen LogP contribution in [0.5, 0.6) is 0 Å². The summed E-state index contributed by atoms with van der Waals surface area (Å²) >= 11 is 0. The Balaban J connectivity index is 1.69. The summed E-state index contributed by atoms with van der Waals surface area (Å²) in [5.74, 6) is 0.407. The number of benzene rings is 2. The summed E-state index contributed by atoms with van der Waals surface area (Å²) in [6.07, 6.45) is 4.26. The van der Waals surface area contributed by atoms with E-state index in [1.165, 1.54) is 6.42 Å². The molecule has 1 fully saturated rings. The quantitative estimate of drug-likeness (QED) is 0.769. The average Bonchev–Trinajstić information content (AvgIpc) is 2.73. The summed E-state index contributed by atoms with van der Waals surface area (Å²) in [5, 5.41) is 0. The zero-order chi connectivity index (χ0) is 20.1. The van der Waals surface area contributed by atoms with Crippen LogP contribution in [-0.2, 0) is 10.0 Å². The molecule has 150 valence electrons. The van der Waals surface area contributed by atoms with Crippen molar-refractivity contribution in [2.75, 3.05) is 17.8 Å². The number of piperidine rings is 1. The third kappa shape index (κ3) is 4.73. The fourth-order valence-corrected chi connectivity index (χ4v) is 4.44. The second-order valence-corrected chi connectivity index (χ2v) is 9.10. The molecule has 3 rings (SSSR count). The van der Waals surface area contributed by atoms with Crippen LogP contribution in [0.1, 0.15) is 61.4 Å². The van der Waals surface area contributed by atoms with Gasteiger partial charge >= 0.3 is 0 Å². The third-order valence-corrected chi connectivity index (χ3v) is 6.80. The Bertz CT molecular complexity index is 900. The van der Waals surface area contributed by atoms with Crippen LogP contribution in [0.15, 0.2) is 53.4 Å². The number of anilines is 1. The Hall–Kier alpha value is -2.34. The molecule has 1 saturated heterocycles. The maximum Gasteiger partial charge on any atom is 0.261 e. The van der Waals surface area contributed by atoms with Gasteiger partial charge in [0.1, 0.15) is 0 Å². The largest absolute Gasteiger partial charge is 0.339 e. The van der Waals surface area contributed by atoms with Crippen molar-refractivity contribution in [3.8, 4) is 0 Å². The number of amides is 1. The number of hydrogen-bond donors (Lipinski definition) is 1. The maximum atomic E-state index is 12.6. The Morgan fingerprint density at radius 1 is 1.00 bits per heavy atom. The number of likely N-dealkylation sites (tertiary alicyclic amines) is 1. The van der Waals surface area contributed by atoms with E-state index in [1.807, 2.05) is 17.0 Å². The van der Waals surface area contributed by atoms with Crippen LogP contribution in [0.4, 0.5) is 5.69 Å². The topological polar surface area (TPSA) is 66.5 Å². The monoisotopic (exact) mass is 400 g/mol. The van der Waals surface area contributed by atoms with Gasteiger partial charge in [0, 0.05) is 24.3 Å². The van der Waals surface area contributed by atoms with Gasteiger partial charge in [0.05, 0.1) is 4.90 Å². The second kappa shape index (κ2) is 8.78. The highest BCUT2D eigenvalue weighted by Gasteiger charge is 2.19. The summed E-state index contributed by atoms with van der Waals surface area (Å²) in [6.45, 7) is 5.81. The van der Waals surface area contributed by atoms with Crippen LogP contribution in [0.2, 0.25) is 0 Å². The van der Waals surface area contributed by atoms with E-state index in [-0.39, 0.29) is 10.8 Å². The van der Waals surface area contributed by atoms with Crippen LogP contribution in [0.25, 0.3) is 0 Å². The first-order valence-corrected chi connectivity index (χ1v) is 11.4. The molecule has 0 aliphatic carbocycles. The van der Waals surface area contributed by atoms with Crippen molar-refractivity contribution >= 4 is 21.6 Å². The van der Waals surface area contributed by atoms with Crippen molar-refractivity contribution < 1.29 is 13.2 Å². The molecule has 0 saturated carbocycles. The van der Waals surface area contributed by atoms with E-state index >= 15 is 0 Å². The molecule has 0 bridgehead atoms. The molecule has 28 heavy (non-hydrogen) atoms. The first-order chi connectivity index (χ1) is 13.4. The van der Waals surface area contributed by atoms with Crippen LogP contribution >= 0.6 is 0 Å². The number of carbonyl (C=O) groups is 1. The van der Waals surface area contributed by atoms with E-state index in [9.17, 15) is 13.2 Å². The van der Waals surface area contributed by atoms with E-state index in [4.69, 9.17) is 0 Å². The van der Waals surface area contributed by atoms with Gasteiger partial charge in [-0.05, 0) is 73.6 Å². The summed E-state index contributed by atoms with van der Waals surface area (Å²) in [5.41, 5.74) is 2.16. The predicted octanol–water partition coefficient (Wildman–Crippen LogP) is 4.63. The molecule has 1 N–H and O–H groups in total. The minimum atomic E-state index is -3.66. The van der Waals surface area contributed by atoms with E-state index in [2.05, 4.69) is 18.6 Å². The minimum absolute atomic E-state index is 0.00902. The molecule has 5 nitrogen and oxygen atoms in total. The Morgan fingerprint density at radius 2 is 1.61 bits per heavy atom. The summed E-state index contributed by atoms with van der Waals surface area (Å²) in [7, 11) is -3.66. The fourth-order valence-electron chi connectivity index (χ4n) is 3.39. The molecule has 1 amide bonds. The summed E-state index contributed by atoms with van der Waals surface area (Å²) in [4.78, 5) is 14.6. The first kappa shape index (κ1) is 20.4. The number of rotatable bonds is 6. The lowest BCUT2D eigenvalue weighted by atomic mass is 9.99. The highest BCUT2D eigenvalue weighted by molar-refractivity contribution is 7.92. The zero-order valence-corrected chi connectivity index (χ0v) is 17.3. The van der Waals surface area contributed by atoms with E-state index in [0.29, 0.717) is 17.2 Å². The van der Waals surface area contributed by atoms with Gasteiger partial charge in [-0.25, -0.2) is 8.42 Å². The van der Waals surface area contributed by atoms with Crippen molar-refractivity contribution in [1.82, 2.24) is 4.90 Å². The van der Waals surface area contributed by atoms with Crippen molar-refractivity contribution in [3.63, 3.8) is 0 Å². The first-order valence-electron chi connectivity index (χ1n) is 9.93. The van der Waals surface area contributed by atoms with Crippen LogP contribution in [0, 0.1) is 0 Å². The van der Waals surface area contributed by atoms with Crippen LogP contribution in [0.3, 0.4) is 0 Å². The molecule has 0 radical (unpaired) electrons. The van der Waals surface area contributed by atoms with Crippen LogP contribution in [-0.4, -0.2) is 32.3 Å². The van der Waals surface area contributed by atoms with E-state index in [0.717, 1.165) is 37.9 Å². The number of hydrogen-bond acceptors (Lipinski definition) is 3. The van der Waals surface area contributed by atoms with Gasteiger partial charge in [-0.15, -0.1) is 0 Å². The molecule has 2 aromatic carbocycles. The van der Waals surface area contributed by atoms with Gasteiger partial charge < -0.3 is 4.90 Å². The van der Waals surface area contributed by atoms with Crippen LogP contribution < -0.4 is 4.72 Å². The van der Waals surface area contributed by atoms with Crippen molar-refractivity contribution in [2.45, 2.75) is 50.3 Å². The van der Waals surface area contributed by atoms with Gasteiger partial charge in [0.2, 0.25) is 0 Å². The molecule has 1 aliphatic rings. The Kier molecular flexibility index (Phi) is 6.39. The highest BCUT2D eigenvalue weighted by atomic mass is 32.2. The van der Waals surface area contributed by atoms with Gasteiger partial charge in [-0.2, -0.15) is 0 Å². The van der Waals surface area contributed by atoms with Gasteiger partial charge in [-0.1, -0.05) is 26.0 Å². The average molecular weight is 401 g/mol. The number of carbonyl (C=O) groups excluding carboxylic acids is 1. The molecule has 6 heteroatoms. The van der Waals surface area contributed by atoms with Gasteiger partial charge in [0.15, 0.2) is 0 Å². The molecule has 0 spiro atoms. The molecule has 2 aromatic rings. The molecule has 1 unspecified atom stereocenters. The lowest BCUT2D eigenvalue weighted by Crippen LogP contribution is -2.35. The third-order valence-electron chi connectivity index (χ3n) is 5.40. The Labute approximate surface area is 167 Å². The standard InChI is InChI=1S/C22H28N2O3S/c1-3-17(2)18-9-13-21(14-10-18)28(26,27)23-20-11-7-19(8-12-20)22(25)24-15-5-4-6-16-24/h7-14,17,23H,3-6,15-16H2,1-2H3. The molecule has 1 heterocycles. The molecule has 1 atom stereocenters. The van der Waals surface area contributed by atoms with Crippen molar-refractivity contribution in [2.24, 2.45) is 0 Å². The van der Waals surface area contributed by atoms with Gasteiger partial charge in [0.25, 0.3) is 15.9 Å². The molecule has 0 aromatic heterocycles. The Morgan fingerprint density at radius 3 is 2.18 bits per heavy atom. The smallest absolute Gasteiger partial charge is 0.261 e. The molecule has 1 aliphatic heterocycles. The fraction of sp³-hybridized carbons (Fsp3) is 0.409. The van der Waals surface area contributed by atoms with Gasteiger partial charge in [-0.3, -0.25) is 9.52 Å². The number of nitrogens with zero attached hydrogens (tertiary/aromatic N) is 1. The van der Waals surface area contributed by atoms with E-state index in [1.54, 1.807) is 36.4 Å². The predicted molar refractivity (Wildman–Crippen MR) is 112 cm³/mol. The highest BCUT2D eigenvalue weighted by Crippen LogP contribution is 2.22. The zero-order valence-electron chi connectivity index (χ0n) is 16.5. The lowest BCUT2D eigenvalue weighted by Gasteiger charge is -2.26. The number of nitrogens with one attached hydrogen (secondary N) is 1. The van der Waals surface area contributed by atoms with E-state index < -0.39 is 10.0 Å². The van der Waals surface area contributed by atoms with Crippen molar-refractivity contribution in [1.29, 1.82) is 0 Å². The lowest BCUT2D eigenvalue weighted by molar-refractivity contribution is 0.0724. The molecular formula is C22H28N2O3S. The second-order valence-electron chi connectivity index (χ2n) is 7.41. The SMILES string of the molecule is CCC(C)c1ccc(S(=O)(=O)Nc2ccc(C(=O)N3CCCCC3)cc2)cc1. The molecular weight excluding hydrogens is 372 g/mol. The number of sulfonamides is 1. The van der Waals surface area contributed by atoms with Crippen molar-refractivity contribution in [3.05, 3.63) is 59.7 Å². The minimum Gasteiger partial charge on any atom is -0.339 e. The maximum absolute atomic E-state index is 12.6. The normalized spacial score (nSPS) is 15.9.